The molecule has 136 valence electrons. The summed E-state index contributed by atoms with van der Waals surface area (Å²) >= 11 is 0. The summed E-state index contributed by atoms with van der Waals surface area (Å²) in [7, 11) is 3.24. The third-order valence-corrected chi connectivity index (χ3v) is 4.48. The van der Waals surface area contributed by atoms with Crippen LogP contribution in [0.5, 0.6) is 11.5 Å². The molecule has 0 radical (unpaired) electrons. The summed E-state index contributed by atoms with van der Waals surface area (Å²) in [5, 5.41) is 4.17. The Morgan fingerprint density at radius 2 is 1.85 bits per heavy atom. The van der Waals surface area contributed by atoms with Crippen LogP contribution in [0.2, 0.25) is 0 Å². The number of methoxy groups -OCH3 is 2. The van der Waals surface area contributed by atoms with Crippen molar-refractivity contribution in [1.29, 1.82) is 0 Å². The van der Waals surface area contributed by atoms with Crippen molar-refractivity contribution in [2.24, 2.45) is 0 Å². The second-order valence-corrected chi connectivity index (χ2v) is 6.15. The normalized spacial score (nSPS) is 10.7. The molecule has 1 heterocycles. The van der Waals surface area contributed by atoms with E-state index in [0.29, 0.717) is 24.5 Å². The van der Waals surface area contributed by atoms with Crippen molar-refractivity contribution in [2.75, 3.05) is 20.8 Å². The fourth-order valence-electron chi connectivity index (χ4n) is 3.06. The van der Waals surface area contributed by atoms with Gasteiger partial charge in [-0.1, -0.05) is 24.3 Å². The van der Waals surface area contributed by atoms with Crippen molar-refractivity contribution >= 4 is 16.8 Å². The summed E-state index contributed by atoms with van der Waals surface area (Å²) in [6.45, 7) is 0.599. The zero-order valence-electron chi connectivity index (χ0n) is 15.2. The van der Waals surface area contributed by atoms with E-state index in [1.54, 1.807) is 14.2 Å². The van der Waals surface area contributed by atoms with Gasteiger partial charge in [0.2, 0.25) is 5.91 Å². The zero-order chi connectivity index (χ0) is 18.4. The van der Waals surface area contributed by atoms with E-state index in [-0.39, 0.29) is 5.91 Å². The molecule has 0 atom stereocenters. The van der Waals surface area contributed by atoms with Crippen molar-refractivity contribution in [2.45, 2.75) is 19.3 Å². The van der Waals surface area contributed by atoms with Crippen LogP contribution in [0.4, 0.5) is 0 Å². The lowest BCUT2D eigenvalue weighted by Crippen LogP contribution is -2.25. The van der Waals surface area contributed by atoms with Gasteiger partial charge in [0, 0.05) is 30.1 Å². The highest BCUT2D eigenvalue weighted by molar-refractivity contribution is 5.84. The molecule has 3 aromatic rings. The minimum atomic E-state index is 0.0655. The molecule has 26 heavy (non-hydrogen) atoms. The number of fused-ring (bicyclic) bond motifs is 1. The number of hydrogen-bond acceptors (Lipinski definition) is 3. The number of rotatable bonds is 8. The van der Waals surface area contributed by atoms with Crippen LogP contribution in [-0.4, -0.2) is 31.7 Å². The Morgan fingerprint density at radius 3 is 2.65 bits per heavy atom. The first-order chi connectivity index (χ1) is 12.7. The molecule has 3 rings (SSSR count). The Labute approximate surface area is 153 Å². The fourth-order valence-corrected chi connectivity index (χ4v) is 3.06. The number of carbonyl (C=O) groups excluding carboxylic acids is 1. The highest BCUT2D eigenvalue weighted by Crippen LogP contribution is 2.27. The van der Waals surface area contributed by atoms with Crippen LogP contribution in [0, 0.1) is 0 Å². The van der Waals surface area contributed by atoms with Crippen molar-refractivity contribution in [3.63, 3.8) is 0 Å². The number of H-pyrrole nitrogens is 1. The maximum absolute atomic E-state index is 12.1. The number of ether oxygens (including phenoxy) is 2. The summed E-state index contributed by atoms with van der Waals surface area (Å²) in [5.74, 6) is 1.48. The van der Waals surface area contributed by atoms with Crippen LogP contribution in [0.1, 0.15) is 17.5 Å². The molecule has 0 aliphatic carbocycles. The molecular formula is C21H24N2O3. The quantitative estimate of drug-likeness (QED) is 0.652. The second kappa shape index (κ2) is 8.43. The first-order valence-electron chi connectivity index (χ1n) is 8.74. The van der Waals surface area contributed by atoms with E-state index < -0.39 is 0 Å². The summed E-state index contributed by atoms with van der Waals surface area (Å²) in [4.78, 5) is 15.4. The average molecular weight is 352 g/mol. The molecule has 5 nitrogen and oxygen atoms in total. The number of aryl methyl sites for hydroxylation is 1. The molecule has 0 aliphatic heterocycles. The van der Waals surface area contributed by atoms with Crippen LogP contribution in [0.25, 0.3) is 10.9 Å². The molecule has 0 saturated heterocycles. The van der Waals surface area contributed by atoms with E-state index in [2.05, 4.69) is 16.4 Å². The standard InChI is InChI=1S/C21H24N2O3/c1-25-19-9-7-15(13-20(19)26-2)11-12-22-21(24)10-8-16-14-23-18-6-4-3-5-17(16)18/h3-7,9,13-14,23H,8,10-12H2,1-2H3,(H,22,24). The molecule has 1 aromatic heterocycles. The minimum absolute atomic E-state index is 0.0655. The summed E-state index contributed by atoms with van der Waals surface area (Å²) in [6, 6.07) is 14.0. The van der Waals surface area contributed by atoms with Crippen LogP contribution in [0.3, 0.4) is 0 Å². The lowest BCUT2D eigenvalue weighted by molar-refractivity contribution is -0.121. The van der Waals surface area contributed by atoms with Gasteiger partial charge >= 0.3 is 0 Å². The van der Waals surface area contributed by atoms with Crippen LogP contribution in [0.15, 0.2) is 48.7 Å². The number of nitrogens with one attached hydrogen (secondary N) is 2. The SMILES string of the molecule is COc1ccc(CCNC(=O)CCc2c[nH]c3ccccc23)cc1OC. The maximum Gasteiger partial charge on any atom is 0.220 e. The Bertz CT molecular complexity index is 886. The van der Waals surface area contributed by atoms with Gasteiger partial charge < -0.3 is 19.8 Å². The van der Waals surface area contributed by atoms with E-state index in [1.807, 2.05) is 42.6 Å². The van der Waals surface area contributed by atoms with E-state index in [9.17, 15) is 4.79 Å². The highest BCUT2D eigenvalue weighted by atomic mass is 16.5. The van der Waals surface area contributed by atoms with Gasteiger partial charge in [0.05, 0.1) is 14.2 Å². The molecule has 0 spiro atoms. The smallest absolute Gasteiger partial charge is 0.220 e. The number of carbonyl (C=O) groups is 1. The van der Waals surface area contributed by atoms with Gasteiger partial charge in [0.15, 0.2) is 11.5 Å². The molecule has 0 aliphatic rings. The third kappa shape index (κ3) is 4.17. The minimum Gasteiger partial charge on any atom is -0.493 e. The van der Waals surface area contributed by atoms with E-state index >= 15 is 0 Å². The number of aromatic nitrogens is 1. The number of aromatic amines is 1. The number of para-hydroxylation sites is 1. The van der Waals surface area contributed by atoms with Crippen LogP contribution in [-0.2, 0) is 17.6 Å². The summed E-state index contributed by atoms with van der Waals surface area (Å²) in [5.41, 5.74) is 3.38. The van der Waals surface area contributed by atoms with Crippen molar-refractivity contribution in [1.82, 2.24) is 10.3 Å². The lowest BCUT2D eigenvalue weighted by atomic mass is 10.1. The van der Waals surface area contributed by atoms with E-state index in [0.717, 1.165) is 23.9 Å². The molecule has 0 bridgehead atoms. The predicted octanol–water partition coefficient (Wildman–Crippen LogP) is 3.48. The van der Waals surface area contributed by atoms with Crippen LogP contribution >= 0.6 is 0 Å². The van der Waals surface area contributed by atoms with Gasteiger partial charge in [-0.3, -0.25) is 4.79 Å². The molecule has 0 fully saturated rings. The predicted molar refractivity (Wildman–Crippen MR) is 103 cm³/mol. The Morgan fingerprint density at radius 1 is 1.04 bits per heavy atom. The molecule has 0 unspecified atom stereocenters. The van der Waals surface area contributed by atoms with Crippen molar-refractivity contribution in [3.8, 4) is 11.5 Å². The Balaban J connectivity index is 1.47. The van der Waals surface area contributed by atoms with Gasteiger partial charge in [-0.15, -0.1) is 0 Å². The molecular weight excluding hydrogens is 328 g/mol. The highest BCUT2D eigenvalue weighted by Gasteiger charge is 2.08. The monoisotopic (exact) mass is 352 g/mol. The van der Waals surface area contributed by atoms with Crippen LogP contribution < -0.4 is 14.8 Å². The fraction of sp³-hybridized carbons (Fsp3) is 0.286. The topological polar surface area (TPSA) is 63.3 Å². The average Bonchev–Trinajstić information content (AvgIpc) is 3.09. The Hall–Kier alpha value is -2.95. The van der Waals surface area contributed by atoms with Gasteiger partial charge in [0.1, 0.15) is 0 Å². The second-order valence-electron chi connectivity index (χ2n) is 6.15. The van der Waals surface area contributed by atoms with Gasteiger partial charge in [0.25, 0.3) is 0 Å². The molecule has 5 heteroatoms. The molecule has 2 aromatic carbocycles. The van der Waals surface area contributed by atoms with E-state index in [4.69, 9.17) is 9.47 Å². The van der Waals surface area contributed by atoms with Crippen molar-refractivity contribution < 1.29 is 14.3 Å². The lowest BCUT2D eigenvalue weighted by Gasteiger charge is -2.10. The van der Waals surface area contributed by atoms with Gasteiger partial charge in [-0.05, 0) is 42.2 Å². The van der Waals surface area contributed by atoms with Crippen molar-refractivity contribution in [3.05, 3.63) is 59.8 Å². The zero-order valence-corrected chi connectivity index (χ0v) is 15.2. The maximum atomic E-state index is 12.1. The molecule has 1 amide bonds. The first-order valence-corrected chi connectivity index (χ1v) is 8.74. The number of hydrogen-bond donors (Lipinski definition) is 2. The summed E-state index contributed by atoms with van der Waals surface area (Å²) in [6.07, 6.45) is 3.95. The van der Waals surface area contributed by atoms with E-state index in [1.165, 1.54) is 10.9 Å². The third-order valence-electron chi connectivity index (χ3n) is 4.48. The number of benzene rings is 2. The molecule has 2 N–H and O–H groups in total. The molecule has 0 saturated carbocycles. The largest absolute Gasteiger partial charge is 0.493 e. The van der Waals surface area contributed by atoms with Gasteiger partial charge in [-0.25, -0.2) is 0 Å². The summed E-state index contributed by atoms with van der Waals surface area (Å²) < 4.78 is 10.5. The number of amides is 1. The first kappa shape index (κ1) is 17.9. The van der Waals surface area contributed by atoms with Gasteiger partial charge in [-0.2, -0.15) is 0 Å². The Kier molecular flexibility index (Phi) is 5.79.